The van der Waals surface area contributed by atoms with E-state index in [0.29, 0.717) is 21.6 Å². The number of carbonyl (C=O) groups is 2. The topological polar surface area (TPSA) is 88.9 Å². The molecule has 0 aliphatic carbocycles. The Hall–Kier alpha value is -2.84. The van der Waals surface area contributed by atoms with E-state index in [4.69, 9.17) is 11.6 Å². The molecule has 9 heteroatoms. The number of benzene rings is 2. The van der Waals surface area contributed by atoms with Crippen LogP contribution in [0.2, 0.25) is 5.02 Å². The van der Waals surface area contributed by atoms with Crippen LogP contribution in [0.1, 0.15) is 48.6 Å². The molecule has 0 fully saturated rings. The van der Waals surface area contributed by atoms with Crippen molar-refractivity contribution < 1.29 is 9.59 Å². The van der Waals surface area contributed by atoms with E-state index in [1.807, 2.05) is 49.7 Å². The zero-order valence-electron chi connectivity index (χ0n) is 19.1. The monoisotopic (exact) mass is 485 g/mol. The number of hydrogen-bond acceptors (Lipinski definition) is 5. The number of aryl methyl sites for hydroxylation is 1. The van der Waals surface area contributed by atoms with Crippen molar-refractivity contribution in [2.75, 3.05) is 11.1 Å². The van der Waals surface area contributed by atoms with Crippen LogP contribution in [0, 0.1) is 5.92 Å². The van der Waals surface area contributed by atoms with Crippen LogP contribution in [0.15, 0.2) is 53.7 Å². The van der Waals surface area contributed by atoms with Gasteiger partial charge in [0.15, 0.2) is 11.0 Å². The zero-order chi connectivity index (χ0) is 24.0. The molecule has 2 aromatic carbocycles. The van der Waals surface area contributed by atoms with E-state index in [1.54, 1.807) is 24.3 Å². The molecule has 3 aromatic rings. The van der Waals surface area contributed by atoms with Crippen LogP contribution in [0.4, 0.5) is 5.69 Å². The molecule has 174 valence electrons. The number of hydrogen-bond donors (Lipinski definition) is 2. The molecular weight excluding hydrogens is 458 g/mol. The van der Waals surface area contributed by atoms with Gasteiger partial charge in [-0.3, -0.25) is 9.59 Å². The van der Waals surface area contributed by atoms with Gasteiger partial charge in [0, 0.05) is 12.7 Å². The molecule has 3 rings (SSSR count). The van der Waals surface area contributed by atoms with Crippen LogP contribution in [0.3, 0.4) is 0 Å². The highest BCUT2D eigenvalue weighted by Gasteiger charge is 2.26. The maximum atomic E-state index is 12.8. The van der Waals surface area contributed by atoms with E-state index >= 15 is 0 Å². The Kier molecular flexibility index (Phi) is 8.52. The summed E-state index contributed by atoms with van der Waals surface area (Å²) >= 11 is 7.47. The first-order valence-corrected chi connectivity index (χ1v) is 12.1. The Morgan fingerprint density at radius 3 is 2.42 bits per heavy atom. The third-order valence-electron chi connectivity index (χ3n) is 5.20. The summed E-state index contributed by atoms with van der Waals surface area (Å²) in [6.45, 7) is 6.08. The molecule has 0 aliphatic rings. The molecular formula is C24H28ClN5O2S. The quantitative estimate of drug-likeness (QED) is 0.421. The van der Waals surface area contributed by atoms with E-state index in [9.17, 15) is 9.59 Å². The minimum Gasteiger partial charge on any atom is -0.342 e. The summed E-state index contributed by atoms with van der Waals surface area (Å²) in [5, 5.41) is 15.4. The number of nitrogens with zero attached hydrogens (tertiary/aromatic N) is 3. The van der Waals surface area contributed by atoms with Crippen LogP contribution in [-0.4, -0.2) is 32.3 Å². The summed E-state index contributed by atoms with van der Waals surface area (Å²) in [6, 6.07) is 14.3. The molecule has 0 aliphatic heterocycles. The van der Waals surface area contributed by atoms with Gasteiger partial charge in [0.05, 0.1) is 22.4 Å². The van der Waals surface area contributed by atoms with Crippen molar-refractivity contribution in [3.63, 3.8) is 0 Å². The van der Waals surface area contributed by atoms with Crippen molar-refractivity contribution >= 4 is 40.9 Å². The number of nitrogens with one attached hydrogen (secondary N) is 2. The van der Waals surface area contributed by atoms with Crippen LogP contribution >= 0.6 is 23.4 Å². The fourth-order valence-electron chi connectivity index (χ4n) is 3.27. The van der Waals surface area contributed by atoms with Crippen molar-refractivity contribution in [3.8, 4) is 0 Å². The lowest BCUT2D eigenvalue weighted by Crippen LogP contribution is -2.33. The summed E-state index contributed by atoms with van der Waals surface area (Å²) in [5.74, 6) is 0.473. The molecule has 2 amide bonds. The molecule has 1 aromatic heterocycles. The number of carbonyl (C=O) groups excluding carboxylic acids is 2. The third-order valence-corrected chi connectivity index (χ3v) is 6.55. The summed E-state index contributed by atoms with van der Waals surface area (Å²) < 4.78 is 1.81. The highest BCUT2D eigenvalue weighted by Crippen LogP contribution is 2.25. The summed E-state index contributed by atoms with van der Waals surface area (Å²) in [6.07, 6.45) is 0.953. The van der Waals surface area contributed by atoms with Gasteiger partial charge < -0.3 is 15.2 Å². The molecule has 7 nitrogen and oxygen atoms in total. The number of halogens is 1. The molecule has 33 heavy (non-hydrogen) atoms. The third kappa shape index (κ3) is 6.36. The Balaban J connectivity index is 1.65. The van der Waals surface area contributed by atoms with Gasteiger partial charge in [-0.25, -0.2) is 0 Å². The molecule has 0 spiro atoms. The summed E-state index contributed by atoms with van der Waals surface area (Å²) in [7, 11) is 1.83. The van der Waals surface area contributed by atoms with Crippen LogP contribution < -0.4 is 10.6 Å². The van der Waals surface area contributed by atoms with Gasteiger partial charge in [0.1, 0.15) is 0 Å². The molecule has 0 saturated carbocycles. The number of amides is 2. The molecule has 0 bridgehead atoms. The lowest BCUT2D eigenvalue weighted by Gasteiger charge is -2.22. The Morgan fingerprint density at radius 2 is 1.79 bits per heavy atom. The van der Waals surface area contributed by atoms with Crippen molar-refractivity contribution in [1.29, 1.82) is 0 Å². The lowest BCUT2D eigenvalue weighted by atomic mass is 10.0. The average Bonchev–Trinajstić information content (AvgIpc) is 3.16. The van der Waals surface area contributed by atoms with E-state index in [2.05, 4.69) is 27.8 Å². The Labute approximate surface area is 203 Å². The first-order valence-electron chi connectivity index (χ1n) is 10.8. The first kappa shape index (κ1) is 24.8. The van der Waals surface area contributed by atoms with Gasteiger partial charge >= 0.3 is 0 Å². The zero-order valence-corrected chi connectivity index (χ0v) is 20.7. The van der Waals surface area contributed by atoms with Gasteiger partial charge in [0.2, 0.25) is 5.91 Å². The van der Waals surface area contributed by atoms with Gasteiger partial charge in [-0.05, 0) is 42.2 Å². The summed E-state index contributed by atoms with van der Waals surface area (Å²) in [4.78, 5) is 25.2. The molecule has 0 unspecified atom stereocenters. The van der Waals surface area contributed by atoms with E-state index in [-0.39, 0.29) is 29.5 Å². The fourth-order valence-corrected chi connectivity index (χ4v) is 4.21. The highest BCUT2D eigenvalue weighted by molar-refractivity contribution is 7.99. The van der Waals surface area contributed by atoms with Gasteiger partial charge in [0.25, 0.3) is 5.91 Å². The molecule has 0 saturated heterocycles. The van der Waals surface area contributed by atoms with Crippen molar-refractivity contribution in [3.05, 3.63) is 70.5 Å². The van der Waals surface area contributed by atoms with Crippen LogP contribution in [0.25, 0.3) is 0 Å². The molecule has 0 radical (unpaired) electrons. The van der Waals surface area contributed by atoms with Crippen LogP contribution in [-0.2, 0) is 18.3 Å². The predicted octanol–water partition coefficient (Wildman–Crippen LogP) is 4.89. The highest BCUT2D eigenvalue weighted by atomic mass is 35.5. The second-order valence-electron chi connectivity index (χ2n) is 7.96. The molecule has 1 atom stereocenters. The van der Waals surface area contributed by atoms with Crippen LogP contribution in [0.5, 0.6) is 0 Å². The maximum absolute atomic E-state index is 12.8. The van der Waals surface area contributed by atoms with Gasteiger partial charge in [-0.15, -0.1) is 10.2 Å². The Bertz CT molecular complexity index is 1110. The molecule has 1 heterocycles. The fraction of sp³-hybridized carbons (Fsp3) is 0.333. The number of aromatic nitrogens is 3. The second-order valence-corrected chi connectivity index (χ2v) is 9.31. The van der Waals surface area contributed by atoms with E-state index < -0.39 is 0 Å². The Morgan fingerprint density at radius 1 is 1.09 bits per heavy atom. The predicted molar refractivity (Wildman–Crippen MR) is 133 cm³/mol. The smallest absolute Gasteiger partial charge is 0.253 e. The minimum atomic E-state index is -0.369. The largest absolute Gasteiger partial charge is 0.342 e. The first-order chi connectivity index (χ1) is 15.8. The summed E-state index contributed by atoms with van der Waals surface area (Å²) in [5.41, 5.74) is 2.39. The lowest BCUT2D eigenvalue weighted by molar-refractivity contribution is -0.113. The van der Waals surface area contributed by atoms with Crippen molar-refractivity contribution in [2.24, 2.45) is 13.0 Å². The number of anilines is 1. The number of rotatable bonds is 9. The SMILES string of the molecule is CCc1ccc(NC(=O)CSc2nnc([C@@H](NC(=O)c3ccccc3Cl)C(C)C)n2C)cc1. The van der Waals surface area contributed by atoms with Crippen molar-refractivity contribution in [2.45, 2.75) is 38.4 Å². The standard InChI is InChI=1S/C24H28ClN5O2S/c1-5-16-10-12-17(13-11-16)26-20(31)14-33-24-29-28-22(30(24)4)21(15(2)3)27-23(32)18-8-6-7-9-19(18)25/h6-13,15,21H,5,14H2,1-4H3,(H,26,31)(H,27,32)/t21-/m0/s1. The normalized spacial score (nSPS) is 11.9. The number of thioether (sulfide) groups is 1. The van der Waals surface area contributed by atoms with Gasteiger partial charge in [-0.1, -0.05) is 68.4 Å². The van der Waals surface area contributed by atoms with E-state index in [1.165, 1.54) is 17.3 Å². The minimum absolute atomic E-state index is 0.0616. The van der Waals surface area contributed by atoms with Crippen molar-refractivity contribution in [1.82, 2.24) is 20.1 Å². The second kappa shape index (κ2) is 11.3. The van der Waals surface area contributed by atoms with E-state index in [0.717, 1.165) is 12.1 Å². The van der Waals surface area contributed by atoms with Gasteiger partial charge in [-0.2, -0.15) is 0 Å². The maximum Gasteiger partial charge on any atom is 0.253 e. The average molecular weight is 486 g/mol. The molecule has 2 N–H and O–H groups in total.